The normalized spacial score (nSPS) is 20.0. The van der Waals surface area contributed by atoms with Gasteiger partial charge in [-0.3, -0.25) is 0 Å². The van der Waals surface area contributed by atoms with Crippen LogP contribution in [0.3, 0.4) is 0 Å². The van der Waals surface area contributed by atoms with Gasteiger partial charge < -0.3 is 10.2 Å². The number of hydrogen-bond donors (Lipinski definition) is 1. The molecule has 3 aliphatic rings. The standard InChI is InChI=1S/C20H26ClN5/c1-4-14-11-18(13(2)3)24-26-19(14)16-12-15(21)5-6-17(16)23-20(26)25-9-7-22-8-10-25/h5-6,12-13,22H,4,7-11H2,1-3H3. The molecule has 0 aliphatic carbocycles. The van der Waals surface area contributed by atoms with E-state index >= 15 is 0 Å². The number of nitrogens with one attached hydrogen (secondary N) is 1. The summed E-state index contributed by atoms with van der Waals surface area (Å²) >= 11 is 6.32. The fraction of sp³-hybridized carbons (Fsp3) is 0.500. The van der Waals surface area contributed by atoms with Gasteiger partial charge in [-0.25, -0.2) is 4.99 Å². The number of hydrogen-bond acceptors (Lipinski definition) is 5. The second-order valence-corrected chi connectivity index (χ2v) is 7.79. The first-order chi connectivity index (χ1) is 12.6. The zero-order valence-corrected chi connectivity index (χ0v) is 16.5. The van der Waals surface area contributed by atoms with Gasteiger partial charge in [-0.15, -0.1) is 0 Å². The molecular weight excluding hydrogens is 346 g/mol. The molecule has 5 nitrogen and oxygen atoms in total. The van der Waals surface area contributed by atoms with Gasteiger partial charge in [-0.05, 0) is 36.1 Å². The summed E-state index contributed by atoms with van der Waals surface area (Å²) < 4.78 is 0. The molecule has 1 aromatic rings. The molecule has 0 aromatic heterocycles. The third-order valence-electron chi connectivity index (χ3n) is 5.29. The minimum Gasteiger partial charge on any atom is -0.338 e. The molecule has 0 spiro atoms. The lowest BCUT2D eigenvalue weighted by Gasteiger charge is -2.40. The molecule has 3 heterocycles. The van der Waals surface area contributed by atoms with Crippen LogP contribution in [-0.2, 0) is 0 Å². The van der Waals surface area contributed by atoms with E-state index in [1.165, 1.54) is 17.0 Å². The molecule has 3 aliphatic heterocycles. The first-order valence-corrected chi connectivity index (χ1v) is 9.90. The number of guanidine groups is 1. The van der Waals surface area contributed by atoms with Crippen molar-refractivity contribution in [1.29, 1.82) is 0 Å². The number of aliphatic imine (C=N–C) groups is 1. The maximum atomic E-state index is 6.32. The van der Waals surface area contributed by atoms with Crippen LogP contribution in [-0.4, -0.2) is 47.8 Å². The summed E-state index contributed by atoms with van der Waals surface area (Å²) in [4.78, 5) is 7.34. The molecule has 0 atom stereocenters. The maximum absolute atomic E-state index is 6.32. The molecule has 6 heteroatoms. The molecular formula is C20H26ClN5. The highest BCUT2D eigenvalue weighted by Gasteiger charge is 2.34. The summed E-state index contributed by atoms with van der Waals surface area (Å²) in [5.41, 5.74) is 5.90. The monoisotopic (exact) mass is 371 g/mol. The average Bonchev–Trinajstić information content (AvgIpc) is 2.67. The number of allylic oxidation sites excluding steroid dienone is 1. The van der Waals surface area contributed by atoms with E-state index in [0.717, 1.165) is 61.3 Å². The zero-order valence-electron chi connectivity index (χ0n) is 15.7. The van der Waals surface area contributed by atoms with Crippen molar-refractivity contribution in [2.24, 2.45) is 16.0 Å². The van der Waals surface area contributed by atoms with Crippen molar-refractivity contribution in [3.63, 3.8) is 0 Å². The summed E-state index contributed by atoms with van der Waals surface area (Å²) in [6.07, 6.45) is 1.93. The Kier molecular flexibility index (Phi) is 4.76. The van der Waals surface area contributed by atoms with Crippen molar-refractivity contribution in [3.05, 3.63) is 34.4 Å². The van der Waals surface area contributed by atoms with Crippen LogP contribution < -0.4 is 5.32 Å². The second-order valence-electron chi connectivity index (χ2n) is 7.35. The van der Waals surface area contributed by atoms with Crippen molar-refractivity contribution in [2.45, 2.75) is 33.6 Å². The summed E-state index contributed by atoms with van der Waals surface area (Å²) in [5.74, 6) is 1.36. The average molecular weight is 372 g/mol. The van der Waals surface area contributed by atoms with Gasteiger partial charge >= 0.3 is 0 Å². The first-order valence-electron chi connectivity index (χ1n) is 9.52. The minimum atomic E-state index is 0.420. The van der Waals surface area contributed by atoms with Crippen molar-refractivity contribution in [2.75, 3.05) is 26.2 Å². The summed E-state index contributed by atoms with van der Waals surface area (Å²) in [7, 11) is 0. The maximum Gasteiger partial charge on any atom is 0.227 e. The molecule has 4 rings (SSSR count). The highest BCUT2D eigenvalue weighted by molar-refractivity contribution is 6.31. The second kappa shape index (κ2) is 7.05. The number of nitrogens with zero attached hydrogens (tertiary/aromatic N) is 4. The highest BCUT2D eigenvalue weighted by atomic mass is 35.5. The Morgan fingerprint density at radius 2 is 2.00 bits per heavy atom. The Hall–Kier alpha value is -1.85. The van der Waals surface area contributed by atoms with Crippen LogP contribution in [0.4, 0.5) is 5.69 Å². The lowest BCUT2D eigenvalue weighted by molar-refractivity contribution is 0.321. The van der Waals surface area contributed by atoms with Crippen molar-refractivity contribution >= 4 is 34.7 Å². The van der Waals surface area contributed by atoms with Gasteiger partial charge in [0.2, 0.25) is 5.96 Å². The van der Waals surface area contributed by atoms with Crippen molar-refractivity contribution in [1.82, 2.24) is 15.2 Å². The molecule has 1 fully saturated rings. The molecule has 26 heavy (non-hydrogen) atoms. The summed E-state index contributed by atoms with van der Waals surface area (Å²) in [6.45, 7) is 10.5. The number of halogens is 1. The lowest BCUT2D eigenvalue weighted by Crippen LogP contribution is -2.52. The van der Waals surface area contributed by atoms with E-state index in [0.29, 0.717) is 5.92 Å². The Morgan fingerprint density at radius 3 is 2.69 bits per heavy atom. The van der Waals surface area contributed by atoms with Crippen LogP contribution in [0.15, 0.2) is 33.9 Å². The molecule has 1 aromatic carbocycles. The molecule has 0 bridgehead atoms. The van der Waals surface area contributed by atoms with E-state index in [1.807, 2.05) is 18.2 Å². The summed E-state index contributed by atoms with van der Waals surface area (Å²) in [5, 5.41) is 11.3. The fourth-order valence-corrected chi connectivity index (χ4v) is 3.92. The van der Waals surface area contributed by atoms with Gasteiger partial charge in [-0.2, -0.15) is 10.1 Å². The number of piperazine rings is 1. The van der Waals surface area contributed by atoms with Gasteiger partial charge in [-0.1, -0.05) is 32.4 Å². The van der Waals surface area contributed by atoms with Crippen LogP contribution >= 0.6 is 11.6 Å². The van der Waals surface area contributed by atoms with Gasteiger partial charge in [0.15, 0.2) is 0 Å². The first kappa shape index (κ1) is 17.6. The predicted octanol–water partition coefficient (Wildman–Crippen LogP) is 4.09. The Balaban J connectivity index is 1.89. The van der Waals surface area contributed by atoms with Crippen LogP contribution in [0.25, 0.3) is 5.70 Å². The molecule has 138 valence electrons. The van der Waals surface area contributed by atoms with E-state index in [2.05, 4.69) is 36.0 Å². The third-order valence-corrected chi connectivity index (χ3v) is 5.52. The molecule has 0 amide bonds. The van der Waals surface area contributed by atoms with Crippen molar-refractivity contribution in [3.8, 4) is 0 Å². The van der Waals surface area contributed by atoms with Gasteiger partial charge in [0, 0.05) is 48.9 Å². The topological polar surface area (TPSA) is 43.2 Å². The van der Waals surface area contributed by atoms with Gasteiger partial charge in [0.05, 0.1) is 11.4 Å². The van der Waals surface area contributed by atoms with E-state index in [9.17, 15) is 0 Å². The highest BCUT2D eigenvalue weighted by Crippen LogP contribution is 2.42. The largest absolute Gasteiger partial charge is 0.338 e. The Morgan fingerprint density at radius 1 is 1.23 bits per heavy atom. The van der Waals surface area contributed by atoms with Gasteiger partial charge in [0.1, 0.15) is 0 Å². The fourth-order valence-electron chi connectivity index (χ4n) is 3.75. The summed E-state index contributed by atoms with van der Waals surface area (Å²) in [6, 6.07) is 5.98. The minimum absolute atomic E-state index is 0.420. The molecule has 0 saturated carbocycles. The quantitative estimate of drug-likeness (QED) is 0.851. The number of benzene rings is 1. The molecule has 1 N–H and O–H groups in total. The Bertz CT molecular complexity index is 802. The van der Waals surface area contributed by atoms with E-state index in [1.54, 1.807) is 0 Å². The predicted molar refractivity (Wildman–Crippen MR) is 109 cm³/mol. The van der Waals surface area contributed by atoms with Crippen LogP contribution in [0.1, 0.15) is 39.2 Å². The molecule has 1 saturated heterocycles. The lowest BCUT2D eigenvalue weighted by atomic mass is 9.92. The van der Waals surface area contributed by atoms with Crippen LogP contribution in [0.2, 0.25) is 5.02 Å². The van der Waals surface area contributed by atoms with E-state index < -0.39 is 0 Å². The smallest absolute Gasteiger partial charge is 0.227 e. The van der Waals surface area contributed by atoms with Crippen LogP contribution in [0.5, 0.6) is 0 Å². The molecule has 0 radical (unpaired) electrons. The van der Waals surface area contributed by atoms with E-state index in [4.69, 9.17) is 21.7 Å². The van der Waals surface area contributed by atoms with E-state index in [-0.39, 0.29) is 0 Å². The SMILES string of the molecule is CCC1=C2c3cc(Cl)ccc3N=C(N3CCNCC3)N2N=C(C(C)C)C1. The third kappa shape index (κ3) is 3.03. The zero-order chi connectivity index (χ0) is 18.3. The van der Waals surface area contributed by atoms with Crippen molar-refractivity contribution < 1.29 is 0 Å². The number of fused-ring (bicyclic) bond motifs is 3. The van der Waals surface area contributed by atoms with Gasteiger partial charge in [0.25, 0.3) is 0 Å². The van der Waals surface area contributed by atoms with Crippen LogP contribution in [0, 0.1) is 5.92 Å². The number of hydrazone groups is 1. The molecule has 0 unspecified atom stereocenters. The number of rotatable bonds is 2. The Labute approximate surface area is 160 Å².